The van der Waals surface area contributed by atoms with Gasteiger partial charge in [-0.25, -0.2) is 0 Å². The molecule has 0 radical (unpaired) electrons. The first-order valence-electron chi connectivity index (χ1n) is 6.91. The van der Waals surface area contributed by atoms with Gasteiger partial charge in [0.2, 0.25) is 11.8 Å². The molecule has 1 fully saturated rings. The van der Waals surface area contributed by atoms with E-state index in [0.29, 0.717) is 18.2 Å². The van der Waals surface area contributed by atoms with E-state index in [1.165, 1.54) is 0 Å². The van der Waals surface area contributed by atoms with Gasteiger partial charge in [-0.2, -0.15) is 0 Å². The molecule has 1 aromatic rings. The lowest BCUT2D eigenvalue weighted by atomic mass is 10.1. The van der Waals surface area contributed by atoms with Gasteiger partial charge in [0.1, 0.15) is 6.54 Å². The lowest BCUT2D eigenvalue weighted by Crippen LogP contribution is -2.41. The first kappa shape index (κ1) is 15.9. The number of nitrogens with zero attached hydrogens (tertiary/aromatic N) is 2. The largest absolute Gasteiger partial charge is 0.353 e. The molecule has 0 spiro atoms. The molecule has 1 aromatic carbocycles. The number of likely N-dealkylation sites (N-methyl/N-ethyl adjacent to an activating group) is 1. The minimum Gasteiger partial charge on any atom is -0.353 e. The van der Waals surface area contributed by atoms with E-state index in [9.17, 15) is 9.59 Å². The molecule has 6 heteroatoms. The third-order valence-corrected chi connectivity index (χ3v) is 4.41. The van der Waals surface area contributed by atoms with Crippen LogP contribution in [-0.4, -0.2) is 60.4 Å². The second-order valence-corrected chi connectivity index (χ2v) is 6.22. The molecule has 21 heavy (non-hydrogen) atoms. The summed E-state index contributed by atoms with van der Waals surface area (Å²) < 4.78 is 0. The summed E-state index contributed by atoms with van der Waals surface area (Å²) >= 11 is 1.55. The molecule has 1 unspecified atom stereocenters. The summed E-state index contributed by atoms with van der Waals surface area (Å²) in [4.78, 5) is 27.1. The van der Waals surface area contributed by atoms with Crippen LogP contribution in [0.3, 0.4) is 0 Å². The molecule has 1 heterocycles. The predicted molar refractivity (Wildman–Crippen MR) is 84.9 cm³/mol. The fourth-order valence-electron chi connectivity index (χ4n) is 2.25. The van der Waals surface area contributed by atoms with Gasteiger partial charge in [-0.1, -0.05) is 30.3 Å². The molecule has 0 bridgehead atoms. The molecular formula is C15H21N3O2S. The zero-order chi connectivity index (χ0) is 15.2. The molecule has 114 valence electrons. The summed E-state index contributed by atoms with van der Waals surface area (Å²) in [6.07, 6.45) is 0. The van der Waals surface area contributed by atoms with Crippen molar-refractivity contribution in [1.29, 1.82) is 0 Å². The van der Waals surface area contributed by atoms with E-state index in [-0.39, 0.29) is 24.4 Å². The van der Waals surface area contributed by atoms with E-state index in [4.69, 9.17) is 0 Å². The zero-order valence-electron chi connectivity index (χ0n) is 12.4. The van der Waals surface area contributed by atoms with E-state index in [1.54, 1.807) is 16.7 Å². The van der Waals surface area contributed by atoms with Gasteiger partial charge < -0.3 is 15.1 Å². The zero-order valence-corrected chi connectivity index (χ0v) is 13.2. The Bertz CT molecular complexity index is 493. The van der Waals surface area contributed by atoms with Crippen LogP contribution in [0.15, 0.2) is 30.3 Å². The van der Waals surface area contributed by atoms with Crippen LogP contribution in [0.5, 0.6) is 0 Å². The number of benzene rings is 1. The van der Waals surface area contributed by atoms with Crippen molar-refractivity contribution in [2.75, 3.05) is 38.8 Å². The van der Waals surface area contributed by atoms with Crippen molar-refractivity contribution in [1.82, 2.24) is 15.1 Å². The van der Waals surface area contributed by atoms with Crippen LogP contribution in [-0.2, 0) is 9.59 Å². The third-order valence-electron chi connectivity index (χ3n) is 3.46. The Labute approximate surface area is 129 Å². The van der Waals surface area contributed by atoms with E-state index in [1.807, 2.05) is 32.3 Å². The van der Waals surface area contributed by atoms with Crippen LogP contribution in [0, 0.1) is 0 Å². The van der Waals surface area contributed by atoms with Gasteiger partial charge in [-0.05, 0) is 19.7 Å². The molecule has 1 saturated heterocycles. The lowest BCUT2D eigenvalue weighted by Gasteiger charge is -2.25. The van der Waals surface area contributed by atoms with Crippen LogP contribution in [0.4, 0.5) is 0 Å². The topological polar surface area (TPSA) is 52.7 Å². The standard InChI is InChI=1S/C15H21N3O2S/c1-17(2)13(12-6-4-3-5-7-12)8-16-14(19)9-18-11-21-10-15(18)20/h3-7,13H,8-11H2,1-2H3,(H,16,19). The fraction of sp³-hybridized carbons (Fsp3) is 0.467. The highest BCUT2D eigenvalue weighted by atomic mass is 32.2. The summed E-state index contributed by atoms with van der Waals surface area (Å²) in [6.45, 7) is 0.686. The SMILES string of the molecule is CN(C)C(CNC(=O)CN1CSCC1=O)c1ccccc1. The van der Waals surface area contributed by atoms with Crippen LogP contribution in [0.2, 0.25) is 0 Å². The first-order chi connectivity index (χ1) is 10.1. The maximum atomic E-state index is 12.0. The molecule has 2 amide bonds. The summed E-state index contributed by atoms with van der Waals surface area (Å²) in [6, 6.07) is 10.2. The van der Waals surface area contributed by atoms with Crippen LogP contribution < -0.4 is 5.32 Å². The van der Waals surface area contributed by atoms with Crippen LogP contribution in [0.1, 0.15) is 11.6 Å². The summed E-state index contributed by atoms with van der Waals surface area (Å²) in [5.41, 5.74) is 1.16. The normalized spacial score (nSPS) is 16.3. The average molecular weight is 307 g/mol. The Morgan fingerprint density at radius 2 is 2.10 bits per heavy atom. The number of thioether (sulfide) groups is 1. The number of rotatable bonds is 6. The van der Waals surface area contributed by atoms with Crippen LogP contribution in [0.25, 0.3) is 0 Å². The van der Waals surface area contributed by atoms with Crippen LogP contribution >= 0.6 is 11.8 Å². The van der Waals surface area contributed by atoms with Crippen molar-refractivity contribution in [3.05, 3.63) is 35.9 Å². The number of carbonyl (C=O) groups excluding carboxylic acids is 2. The number of hydrogen-bond donors (Lipinski definition) is 1. The van der Waals surface area contributed by atoms with E-state index >= 15 is 0 Å². The number of amides is 2. The average Bonchev–Trinajstić information content (AvgIpc) is 2.85. The Morgan fingerprint density at radius 1 is 1.38 bits per heavy atom. The second-order valence-electron chi connectivity index (χ2n) is 5.26. The molecule has 1 aliphatic rings. The number of hydrogen-bond acceptors (Lipinski definition) is 4. The third kappa shape index (κ3) is 4.47. The Balaban J connectivity index is 1.87. The van der Waals surface area contributed by atoms with Gasteiger partial charge in [0, 0.05) is 6.54 Å². The summed E-state index contributed by atoms with van der Waals surface area (Å²) in [5.74, 6) is 1.04. The van der Waals surface area contributed by atoms with Gasteiger partial charge >= 0.3 is 0 Å². The minimum absolute atomic E-state index is 0.0439. The highest BCUT2D eigenvalue weighted by Gasteiger charge is 2.23. The highest BCUT2D eigenvalue weighted by molar-refractivity contribution is 8.00. The van der Waals surface area contributed by atoms with Gasteiger partial charge in [0.05, 0.1) is 17.7 Å². The quantitative estimate of drug-likeness (QED) is 0.850. The Morgan fingerprint density at radius 3 is 2.67 bits per heavy atom. The van der Waals surface area contributed by atoms with Crippen molar-refractivity contribution < 1.29 is 9.59 Å². The second kappa shape index (κ2) is 7.47. The van der Waals surface area contributed by atoms with Gasteiger partial charge in [-0.15, -0.1) is 11.8 Å². The van der Waals surface area contributed by atoms with Crippen molar-refractivity contribution in [3.8, 4) is 0 Å². The van der Waals surface area contributed by atoms with Crippen molar-refractivity contribution >= 4 is 23.6 Å². The molecular weight excluding hydrogens is 286 g/mol. The van der Waals surface area contributed by atoms with Crippen molar-refractivity contribution in [3.63, 3.8) is 0 Å². The van der Waals surface area contributed by atoms with E-state index in [0.717, 1.165) is 5.56 Å². The van der Waals surface area contributed by atoms with Crippen molar-refractivity contribution in [2.24, 2.45) is 0 Å². The Kier molecular flexibility index (Phi) is 5.64. The Hall–Kier alpha value is -1.53. The predicted octanol–water partition coefficient (Wildman–Crippen LogP) is 0.938. The molecule has 2 rings (SSSR count). The summed E-state index contributed by atoms with van der Waals surface area (Å²) in [5, 5.41) is 2.93. The summed E-state index contributed by atoms with van der Waals surface area (Å²) in [7, 11) is 3.98. The molecule has 1 N–H and O–H groups in total. The molecule has 1 aliphatic heterocycles. The highest BCUT2D eigenvalue weighted by Crippen LogP contribution is 2.17. The smallest absolute Gasteiger partial charge is 0.239 e. The molecule has 0 aromatic heterocycles. The fourth-order valence-corrected chi connectivity index (χ4v) is 3.16. The van der Waals surface area contributed by atoms with Gasteiger partial charge in [0.15, 0.2) is 0 Å². The molecule has 0 aliphatic carbocycles. The van der Waals surface area contributed by atoms with Gasteiger partial charge in [-0.3, -0.25) is 9.59 Å². The minimum atomic E-state index is -0.103. The van der Waals surface area contributed by atoms with Crippen molar-refractivity contribution in [2.45, 2.75) is 6.04 Å². The number of carbonyl (C=O) groups is 2. The van der Waals surface area contributed by atoms with E-state index in [2.05, 4.69) is 22.3 Å². The monoisotopic (exact) mass is 307 g/mol. The molecule has 5 nitrogen and oxygen atoms in total. The lowest BCUT2D eigenvalue weighted by molar-refractivity contribution is -0.132. The van der Waals surface area contributed by atoms with E-state index < -0.39 is 0 Å². The number of nitrogens with one attached hydrogen (secondary N) is 1. The molecule has 1 atom stereocenters. The van der Waals surface area contributed by atoms with Gasteiger partial charge in [0.25, 0.3) is 0 Å². The maximum Gasteiger partial charge on any atom is 0.239 e. The molecule has 0 saturated carbocycles. The maximum absolute atomic E-state index is 12.0. The first-order valence-corrected chi connectivity index (χ1v) is 8.07.